The summed E-state index contributed by atoms with van der Waals surface area (Å²) in [5, 5.41) is 4.67. The lowest BCUT2D eigenvalue weighted by atomic mass is 10.0. The summed E-state index contributed by atoms with van der Waals surface area (Å²) in [6.07, 6.45) is 1.39. The Morgan fingerprint density at radius 3 is 2.48 bits per heavy atom. The number of nitrogens with two attached hydrogens (primary N) is 1. The van der Waals surface area contributed by atoms with Crippen LogP contribution >= 0.6 is 0 Å². The van der Waals surface area contributed by atoms with Gasteiger partial charge in [0.25, 0.3) is 5.91 Å². The predicted molar refractivity (Wildman–Crippen MR) is 97.3 cm³/mol. The molecule has 2 aromatic heterocycles. The standard InChI is InChI=1S/C19H19FN4O3/c1-19(2,3)27-16(25)10-24-14-6-4-11(12-5-7-15(20)22-9-12)8-13(14)17(23-24)18(21)26/h4-9H,10H2,1-3H3,(H2,21,26). The number of esters is 1. The van der Waals surface area contributed by atoms with Crippen molar-refractivity contribution in [1.29, 1.82) is 0 Å². The van der Waals surface area contributed by atoms with E-state index < -0.39 is 23.4 Å². The Hall–Kier alpha value is -3.29. The highest BCUT2D eigenvalue weighted by atomic mass is 19.1. The largest absolute Gasteiger partial charge is 0.459 e. The van der Waals surface area contributed by atoms with Crippen molar-refractivity contribution in [2.45, 2.75) is 32.9 Å². The third kappa shape index (κ3) is 4.11. The first kappa shape index (κ1) is 18.5. The number of ether oxygens (including phenoxy) is 1. The van der Waals surface area contributed by atoms with Crippen LogP contribution in [0, 0.1) is 5.95 Å². The summed E-state index contributed by atoms with van der Waals surface area (Å²) in [5.74, 6) is -1.77. The molecule has 1 aromatic carbocycles. The SMILES string of the molecule is CC(C)(C)OC(=O)Cn1nc(C(N)=O)c2cc(-c3ccc(F)nc3)ccc21. The van der Waals surface area contributed by atoms with Crippen LogP contribution in [0.3, 0.4) is 0 Å². The van der Waals surface area contributed by atoms with Crippen LogP contribution in [0.25, 0.3) is 22.0 Å². The summed E-state index contributed by atoms with van der Waals surface area (Å²) in [6, 6.07) is 8.04. The van der Waals surface area contributed by atoms with Gasteiger partial charge < -0.3 is 10.5 Å². The van der Waals surface area contributed by atoms with Crippen LogP contribution in [-0.2, 0) is 16.1 Å². The van der Waals surface area contributed by atoms with Gasteiger partial charge >= 0.3 is 5.97 Å². The monoisotopic (exact) mass is 370 g/mol. The number of halogens is 1. The summed E-state index contributed by atoms with van der Waals surface area (Å²) < 4.78 is 19.7. The van der Waals surface area contributed by atoms with E-state index in [9.17, 15) is 14.0 Å². The molecule has 0 radical (unpaired) electrons. The molecule has 0 aliphatic carbocycles. The van der Waals surface area contributed by atoms with Crippen molar-refractivity contribution in [2.24, 2.45) is 5.73 Å². The van der Waals surface area contributed by atoms with Crippen molar-refractivity contribution in [3.05, 3.63) is 48.2 Å². The molecule has 0 bridgehead atoms. The van der Waals surface area contributed by atoms with Gasteiger partial charge in [-0.15, -0.1) is 0 Å². The second kappa shape index (κ2) is 6.79. The van der Waals surface area contributed by atoms with Gasteiger partial charge in [-0.25, -0.2) is 4.98 Å². The van der Waals surface area contributed by atoms with E-state index in [0.29, 0.717) is 22.0 Å². The number of aromatic nitrogens is 3. The van der Waals surface area contributed by atoms with Crippen LogP contribution in [-0.4, -0.2) is 32.2 Å². The third-order valence-electron chi connectivity index (χ3n) is 3.74. The first-order valence-corrected chi connectivity index (χ1v) is 8.28. The maximum atomic E-state index is 13.0. The first-order chi connectivity index (χ1) is 12.6. The number of carbonyl (C=O) groups excluding carboxylic acids is 2. The van der Waals surface area contributed by atoms with Gasteiger partial charge in [0.1, 0.15) is 12.1 Å². The average molecular weight is 370 g/mol. The highest BCUT2D eigenvalue weighted by molar-refractivity contribution is 6.05. The zero-order valence-electron chi connectivity index (χ0n) is 15.2. The van der Waals surface area contributed by atoms with Gasteiger partial charge in [0.2, 0.25) is 5.95 Å². The van der Waals surface area contributed by atoms with E-state index in [1.165, 1.54) is 16.9 Å². The van der Waals surface area contributed by atoms with E-state index in [1.807, 2.05) is 0 Å². The second-order valence-electron chi connectivity index (χ2n) is 7.06. The van der Waals surface area contributed by atoms with Gasteiger partial charge in [0.15, 0.2) is 5.69 Å². The maximum absolute atomic E-state index is 13.0. The molecule has 0 aliphatic heterocycles. The number of nitrogens with zero attached hydrogens (tertiary/aromatic N) is 3. The van der Waals surface area contributed by atoms with Crippen LogP contribution in [0.1, 0.15) is 31.3 Å². The Kier molecular flexibility index (Phi) is 4.65. The Labute approximate surface area is 154 Å². The molecule has 140 valence electrons. The van der Waals surface area contributed by atoms with Gasteiger partial charge in [-0.1, -0.05) is 6.07 Å². The minimum absolute atomic E-state index is 0.0467. The number of hydrogen-bond donors (Lipinski definition) is 1. The van der Waals surface area contributed by atoms with Crippen molar-refractivity contribution >= 4 is 22.8 Å². The Balaban J connectivity index is 2.03. The molecule has 0 saturated heterocycles. The van der Waals surface area contributed by atoms with Crippen molar-refractivity contribution in [3.63, 3.8) is 0 Å². The quantitative estimate of drug-likeness (QED) is 0.562. The van der Waals surface area contributed by atoms with Gasteiger partial charge in [0, 0.05) is 17.1 Å². The molecule has 27 heavy (non-hydrogen) atoms. The van der Waals surface area contributed by atoms with E-state index in [2.05, 4.69) is 10.1 Å². The normalized spacial score (nSPS) is 11.6. The van der Waals surface area contributed by atoms with Gasteiger partial charge in [0.05, 0.1) is 5.52 Å². The van der Waals surface area contributed by atoms with Crippen molar-refractivity contribution in [1.82, 2.24) is 14.8 Å². The van der Waals surface area contributed by atoms with Crippen LogP contribution in [0.5, 0.6) is 0 Å². The number of pyridine rings is 1. The molecule has 2 heterocycles. The number of fused-ring (bicyclic) bond motifs is 1. The fourth-order valence-electron chi connectivity index (χ4n) is 2.70. The van der Waals surface area contributed by atoms with E-state index in [4.69, 9.17) is 10.5 Å². The van der Waals surface area contributed by atoms with Crippen LogP contribution < -0.4 is 5.73 Å². The molecule has 0 spiro atoms. The molecule has 0 atom stereocenters. The number of rotatable bonds is 4. The maximum Gasteiger partial charge on any atom is 0.328 e. The van der Waals surface area contributed by atoms with Crippen molar-refractivity contribution in [3.8, 4) is 11.1 Å². The third-order valence-corrected chi connectivity index (χ3v) is 3.74. The Morgan fingerprint density at radius 2 is 1.89 bits per heavy atom. The lowest BCUT2D eigenvalue weighted by Crippen LogP contribution is -2.27. The molecule has 2 N–H and O–H groups in total. The first-order valence-electron chi connectivity index (χ1n) is 8.28. The molecule has 1 amide bonds. The Bertz CT molecular complexity index is 1020. The second-order valence-corrected chi connectivity index (χ2v) is 7.06. The number of carbonyl (C=O) groups is 2. The highest BCUT2D eigenvalue weighted by Gasteiger charge is 2.21. The molecule has 3 aromatic rings. The van der Waals surface area contributed by atoms with E-state index in [0.717, 1.165) is 0 Å². The van der Waals surface area contributed by atoms with Gasteiger partial charge in [-0.2, -0.15) is 9.49 Å². The molecule has 0 unspecified atom stereocenters. The molecule has 0 fully saturated rings. The van der Waals surface area contributed by atoms with E-state index in [-0.39, 0.29) is 12.2 Å². The summed E-state index contributed by atoms with van der Waals surface area (Å²) >= 11 is 0. The lowest BCUT2D eigenvalue weighted by molar-refractivity contribution is -0.155. The summed E-state index contributed by atoms with van der Waals surface area (Å²) in [4.78, 5) is 27.6. The summed E-state index contributed by atoms with van der Waals surface area (Å²) in [6.45, 7) is 5.15. The fraction of sp³-hybridized carbons (Fsp3) is 0.263. The van der Waals surface area contributed by atoms with Crippen molar-refractivity contribution < 1.29 is 18.7 Å². The minimum atomic E-state index is -0.711. The molecular weight excluding hydrogens is 351 g/mol. The average Bonchev–Trinajstić information content (AvgIpc) is 2.92. The zero-order valence-corrected chi connectivity index (χ0v) is 15.2. The fourth-order valence-corrected chi connectivity index (χ4v) is 2.70. The van der Waals surface area contributed by atoms with Crippen molar-refractivity contribution in [2.75, 3.05) is 0 Å². The van der Waals surface area contributed by atoms with Crippen LogP contribution in [0.2, 0.25) is 0 Å². The predicted octanol–water partition coefficient (Wildman–Crippen LogP) is 2.68. The highest BCUT2D eigenvalue weighted by Crippen LogP contribution is 2.26. The number of primary amides is 1. The molecular formula is C19H19FN4O3. The van der Waals surface area contributed by atoms with Crippen LogP contribution in [0.15, 0.2) is 36.5 Å². The van der Waals surface area contributed by atoms with Crippen LogP contribution in [0.4, 0.5) is 4.39 Å². The lowest BCUT2D eigenvalue weighted by Gasteiger charge is -2.19. The van der Waals surface area contributed by atoms with E-state index in [1.54, 1.807) is 45.0 Å². The van der Waals surface area contributed by atoms with Gasteiger partial charge in [-0.05, 0) is 50.6 Å². The molecule has 3 rings (SSSR count). The zero-order chi connectivity index (χ0) is 19.8. The smallest absolute Gasteiger partial charge is 0.328 e. The molecule has 0 saturated carbocycles. The van der Waals surface area contributed by atoms with Gasteiger partial charge in [-0.3, -0.25) is 14.3 Å². The number of amides is 1. The van der Waals surface area contributed by atoms with E-state index >= 15 is 0 Å². The minimum Gasteiger partial charge on any atom is -0.459 e. The number of benzene rings is 1. The number of hydrogen-bond acceptors (Lipinski definition) is 5. The topological polar surface area (TPSA) is 100 Å². The Morgan fingerprint density at radius 1 is 1.19 bits per heavy atom. The summed E-state index contributed by atoms with van der Waals surface area (Å²) in [7, 11) is 0. The molecule has 7 nitrogen and oxygen atoms in total. The molecule has 8 heteroatoms. The summed E-state index contributed by atoms with van der Waals surface area (Å²) in [5.41, 5.74) is 6.81. The molecule has 0 aliphatic rings.